The lowest BCUT2D eigenvalue weighted by Gasteiger charge is -2.36. The van der Waals surface area contributed by atoms with Crippen molar-refractivity contribution in [3.63, 3.8) is 0 Å². The van der Waals surface area contributed by atoms with Crippen molar-refractivity contribution in [2.75, 3.05) is 6.61 Å². The molecule has 4 unspecified atom stereocenters. The minimum atomic E-state index is -1.22. The van der Waals surface area contributed by atoms with E-state index in [1.807, 2.05) is 92.7 Å². The van der Waals surface area contributed by atoms with E-state index in [0.29, 0.717) is 18.6 Å². The van der Waals surface area contributed by atoms with Crippen LogP contribution in [0.1, 0.15) is 27.1 Å². The number of nitrogens with zero attached hydrogens (tertiary/aromatic N) is 1. The van der Waals surface area contributed by atoms with E-state index < -0.39 is 30.2 Å². The molecule has 4 rings (SSSR count). The number of aliphatic hydroxyl groups excluding tert-OH is 1. The van der Waals surface area contributed by atoms with Gasteiger partial charge in [0.05, 0.1) is 17.7 Å². The van der Waals surface area contributed by atoms with E-state index in [4.69, 9.17) is 4.74 Å². The molecule has 0 aliphatic heterocycles. The number of thiazole rings is 1. The lowest BCUT2D eigenvalue weighted by Crippen LogP contribution is -2.55. The Morgan fingerprint density at radius 2 is 1.43 bits per heavy atom. The second-order valence-corrected chi connectivity index (χ2v) is 11.4. The van der Waals surface area contributed by atoms with Crippen LogP contribution >= 0.6 is 11.3 Å². The van der Waals surface area contributed by atoms with Crippen LogP contribution in [0.15, 0.2) is 90.6 Å². The zero-order chi connectivity index (χ0) is 29.9. The molecule has 3 aromatic carbocycles. The van der Waals surface area contributed by atoms with Crippen molar-refractivity contribution in [2.45, 2.75) is 51.3 Å². The Balaban J connectivity index is 1.63. The fraction of sp³-hybridized carbons (Fsp3) is 0.303. The van der Waals surface area contributed by atoms with Gasteiger partial charge >= 0.3 is 6.09 Å². The second kappa shape index (κ2) is 15.1. The third-order valence-corrected chi connectivity index (χ3v) is 8.10. The molecule has 0 saturated heterocycles. The molecule has 1 aromatic heterocycles. The van der Waals surface area contributed by atoms with E-state index in [9.17, 15) is 19.8 Å². The van der Waals surface area contributed by atoms with Gasteiger partial charge in [0.15, 0.2) is 6.61 Å². The van der Waals surface area contributed by atoms with Crippen LogP contribution in [0.25, 0.3) is 0 Å². The predicted octanol–water partition coefficient (Wildman–Crippen LogP) is 4.96. The molecule has 8 nitrogen and oxygen atoms in total. The molecule has 0 radical (unpaired) electrons. The highest BCUT2D eigenvalue weighted by molar-refractivity contribution is 7.09. The second-order valence-electron chi connectivity index (χ2n) is 10.4. The zero-order valence-corrected chi connectivity index (χ0v) is 24.6. The van der Waals surface area contributed by atoms with Crippen LogP contribution in [-0.4, -0.2) is 52.0 Å². The molecule has 0 aliphatic rings. The standard InChI is InChI=1S/C33H37N3O5S/c1-22-10-9-11-23(2)32(22)41-20-30(37)35-28(16-24-12-5-3-6-13-24)27(18-26-19-34-21-42-26)31(38)29(36-33(39)40)17-25-14-7-4-8-15-25/h3-15,19,21,27-29,31,36,38H,16-18,20H2,1-2H3,(H,35,37)(H,39,40). The van der Waals surface area contributed by atoms with Crippen molar-refractivity contribution in [3.8, 4) is 5.75 Å². The number of amides is 2. The number of carbonyl (C=O) groups is 2. The molecule has 0 bridgehead atoms. The van der Waals surface area contributed by atoms with Crippen molar-refractivity contribution in [3.05, 3.63) is 118 Å². The van der Waals surface area contributed by atoms with Gasteiger partial charge in [0, 0.05) is 23.0 Å². The average molecular weight is 588 g/mol. The van der Waals surface area contributed by atoms with Gasteiger partial charge in [0.2, 0.25) is 0 Å². The topological polar surface area (TPSA) is 121 Å². The molecular formula is C33H37N3O5S. The Hall–Kier alpha value is -4.21. The van der Waals surface area contributed by atoms with E-state index in [1.54, 1.807) is 11.7 Å². The maximum absolute atomic E-state index is 13.4. The van der Waals surface area contributed by atoms with Crippen LogP contribution in [-0.2, 0) is 24.1 Å². The monoisotopic (exact) mass is 587 g/mol. The highest BCUT2D eigenvalue weighted by Crippen LogP contribution is 2.26. The number of carbonyl (C=O) groups excluding carboxylic acids is 1. The predicted molar refractivity (Wildman–Crippen MR) is 164 cm³/mol. The van der Waals surface area contributed by atoms with Crippen LogP contribution in [0.2, 0.25) is 0 Å². The summed E-state index contributed by atoms with van der Waals surface area (Å²) in [4.78, 5) is 30.3. The maximum atomic E-state index is 13.4. The fourth-order valence-electron chi connectivity index (χ4n) is 5.25. The highest BCUT2D eigenvalue weighted by atomic mass is 32.1. The number of ether oxygens (including phenoxy) is 1. The third-order valence-electron chi connectivity index (χ3n) is 7.30. The molecule has 9 heteroatoms. The van der Waals surface area contributed by atoms with Crippen LogP contribution in [0.5, 0.6) is 5.75 Å². The van der Waals surface area contributed by atoms with E-state index in [1.165, 1.54) is 11.3 Å². The first-order chi connectivity index (χ1) is 20.3. The summed E-state index contributed by atoms with van der Waals surface area (Å²) < 4.78 is 5.93. The van der Waals surface area contributed by atoms with Gasteiger partial charge < -0.3 is 25.6 Å². The van der Waals surface area contributed by atoms with Crippen molar-refractivity contribution in [2.24, 2.45) is 5.92 Å². The zero-order valence-electron chi connectivity index (χ0n) is 23.8. The molecule has 0 fully saturated rings. The number of benzene rings is 3. The van der Waals surface area contributed by atoms with Gasteiger partial charge in [-0.15, -0.1) is 11.3 Å². The molecular weight excluding hydrogens is 550 g/mol. The molecule has 42 heavy (non-hydrogen) atoms. The van der Waals surface area contributed by atoms with Gasteiger partial charge in [0.1, 0.15) is 5.75 Å². The van der Waals surface area contributed by atoms with Crippen molar-refractivity contribution in [1.82, 2.24) is 15.6 Å². The van der Waals surface area contributed by atoms with E-state index in [0.717, 1.165) is 27.1 Å². The number of hydrogen-bond donors (Lipinski definition) is 4. The Kier molecular flexibility index (Phi) is 11.1. The number of aliphatic hydroxyl groups is 1. The molecule has 2 amide bonds. The molecule has 4 atom stereocenters. The van der Waals surface area contributed by atoms with Gasteiger partial charge in [-0.05, 0) is 55.4 Å². The summed E-state index contributed by atoms with van der Waals surface area (Å²) >= 11 is 1.46. The molecule has 0 aliphatic carbocycles. The largest absolute Gasteiger partial charge is 0.483 e. The molecule has 220 valence electrons. The summed E-state index contributed by atoms with van der Waals surface area (Å²) in [7, 11) is 0. The van der Waals surface area contributed by atoms with Crippen molar-refractivity contribution in [1.29, 1.82) is 0 Å². The molecule has 4 N–H and O–H groups in total. The van der Waals surface area contributed by atoms with Crippen LogP contribution < -0.4 is 15.4 Å². The Bertz CT molecular complexity index is 1400. The smallest absolute Gasteiger partial charge is 0.404 e. The highest BCUT2D eigenvalue weighted by Gasteiger charge is 2.36. The number of rotatable bonds is 14. The summed E-state index contributed by atoms with van der Waals surface area (Å²) in [6.45, 7) is 3.67. The summed E-state index contributed by atoms with van der Waals surface area (Å²) in [5.74, 6) is -0.205. The van der Waals surface area contributed by atoms with E-state index in [2.05, 4.69) is 15.6 Å². The Morgan fingerprint density at radius 1 is 0.833 bits per heavy atom. The van der Waals surface area contributed by atoms with Crippen LogP contribution in [0.3, 0.4) is 0 Å². The molecule has 0 saturated carbocycles. The first-order valence-corrected chi connectivity index (χ1v) is 14.8. The number of para-hydroxylation sites is 1. The number of hydrogen-bond acceptors (Lipinski definition) is 6. The van der Waals surface area contributed by atoms with Gasteiger partial charge in [-0.1, -0.05) is 78.9 Å². The van der Waals surface area contributed by atoms with E-state index >= 15 is 0 Å². The molecule has 0 spiro atoms. The van der Waals surface area contributed by atoms with Gasteiger partial charge in [-0.25, -0.2) is 4.79 Å². The fourth-order valence-corrected chi connectivity index (χ4v) is 5.92. The minimum Gasteiger partial charge on any atom is -0.483 e. The first-order valence-electron chi connectivity index (χ1n) is 13.9. The lowest BCUT2D eigenvalue weighted by molar-refractivity contribution is -0.124. The summed E-state index contributed by atoms with van der Waals surface area (Å²) in [5, 5.41) is 27.2. The summed E-state index contributed by atoms with van der Waals surface area (Å²) in [6, 6.07) is 23.6. The summed E-state index contributed by atoms with van der Waals surface area (Å²) in [5.41, 5.74) is 5.46. The van der Waals surface area contributed by atoms with Crippen molar-refractivity contribution < 1.29 is 24.5 Å². The summed E-state index contributed by atoms with van der Waals surface area (Å²) in [6.07, 6.45) is 0.506. The number of aromatic nitrogens is 1. The number of nitrogens with one attached hydrogen (secondary N) is 2. The van der Waals surface area contributed by atoms with Gasteiger partial charge in [-0.2, -0.15) is 0 Å². The van der Waals surface area contributed by atoms with Gasteiger partial charge in [-0.3, -0.25) is 9.78 Å². The van der Waals surface area contributed by atoms with Crippen molar-refractivity contribution >= 4 is 23.3 Å². The average Bonchev–Trinajstić information content (AvgIpc) is 3.49. The van der Waals surface area contributed by atoms with Gasteiger partial charge in [0.25, 0.3) is 5.91 Å². The van der Waals surface area contributed by atoms with E-state index in [-0.39, 0.29) is 18.9 Å². The normalized spacial score (nSPS) is 13.9. The Morgan fingerprint density at radius 3 is 1.98 bits per heavy atom. The Labute approximate surface area is 250 Å². The van der Waals surface area contributed by atoms with Crippen LogP contribution in [0.4, 0.5) is 4.79 Å². The van der Waals surface area contributed by atoms with Crippen LogP contribution in [0, 0.1) is 19.8 Å². The number of carboxylic acid groups (broad SMARTS) is 1. The SMILES string of the molecule is Cc1cccc(C)c1OCC(=O)NC(Cc1ccccc1)C(Cc1cncs1)C(O)C(Cc1ccccc1)NC(=O)O. The molecule has 4 aromatic rings. The first kappa shape index (κ1) is 30.7. The minimum absolute atomic E-state index is 0.193. The maximum Gasteiger partial charge on any atom is 0.404 e. The quantitative estimate of drug-likeness (QED) is 0.165. The molecule has 1 heterocycles. The number of aryl methyl sites for hydroxylation is 2. The lowest BCUT2D eigenvalue weighted by atomic mass is 9.81. The third kappa shape index (κ3) is 8.89.